The molecule has 0 atom stereocenters. The average Bonchev–Trinajstić information content (AvgIpc) is 3.83. The van der Waals surface area contributed by atoms with E-state index in [0.717, 1.165) is 88.3 Å². The SMILES string of the molecule is c1ccc(-c2ccc(-c3nc(-c4ccc(-c5ccccc5)cc4)nc(-n4c5ccccc5c5ccc6c7cc(-c8ccccc8)ccc7oc6c54)n3)cc2)cc1. The molecule has 0 aliphatic heterocycles. The predicted molar refractivity (Wildman–Crippen MR) is 229 cm³/mol. The van der Waals surface area contributed by atoms with Crippen LogP contribution in [0, 0.1) is 0 Å². The van der Waals surface area contributed by atoms with Gasteiger partial charge in [-0.1, -0.05) is 170 Å². The highest BCUT2D eigenvalue weighted by atomic mass is 16.3. The maximum Gasteiger partial charge on any atom is 0.238 e. The van der Waals surface area contributed by atoms with Gasteiger partial charge in [0.25, 0.3) is 0 Å². The smallest absolute Gasteiger partial charge is 0.238 e. The lowest BCUT2D eigenvalue weighted by Crippen LogP contribution is -2.06. The molecule has 8 aromatic carbocycles. The number of rotatable bonds is 6. The van der Waals surface area contributed by atoms with Crippen LogP contribution in [0.5, 0.6) is 0 Å². The Hall–Kier alpha value is -7.63. The summed E-state index contributed by atoms with van der Waals surface area (Å²) >= 11 is 0. The molecule has 0 unspecified atom stereocenters. The fraction of sp³-hybridized carbons (Fsp3) is 0. The summed E-state index contributed by atoms with van der Waals surface area (Å²) in [5, 5.41) is 4.27. The van der Waals surface area contributed by atoms with Gasteiger partial charge in [-0.3, -0.25) is 4.57 Å². The van der Waals surface area contributed by atoms with Gasteiger partial charge in [0.05, 0.1) is 5.52 Å². The van der Waals surface area contributed by atoms with Crippen LogP contribution in [0.4, 0.5) is 0 Å². The van der Waals surface area contributed by atoms with Crippen LogP contribution in [-0.2, 0) is 0 Å². The van der Waals surface area contributed by atoms with E-state index in [-0.39, 0.29) is 0 Å². The highest BCUT2D eigenvalue weighted by molar-refractivity contribution is 6.21. The molecule has 0 spiro atoms. The summed E-state index contributed by atoms with van der Waals surface area (Å²) in [6, 6.07) is 67.4. The molecule has 56 heavy (non-hydrogen) atoms. The molecule has 0 amide bonds. The maximum atomic E-state index is 6.80. The molecule has 3 heterocycles. The van der Waals surface area contributed by atoms with E-state index in [2.05, 4.69) is 180 Å². The van der Waals surface area contributed by atoms with E-state index in [9.17, 15) is 0 Å². The number of hydrogen-bond donors (Lipinski definition) is 0. The number of hydrogen-bond acceptors (Lipinski definition) is 4. The number of benzene rings is 8. The second-order valence-corrected chi connectivity index (χ2v) is 14.0. The molecule has 5 heteroatoms. The van der Waals surface area contributed by atoms with E-state index in [1.807, 2.05) is 18.2 Å². The van der Waals surface area contributed by atoms with Crippen molar-refractivity contribution in [2.24, 2.45) is 0 Å². The summed E-state index contributed by atoms with van der Waals surface area (Å²) < 4.78 is 8.95. The molecule has 11 aromatic rings. The second kappa shape index (κ2) is 13.0. The molecule has 0 saturated heterocycles. The summed E-state index contributed by atoms with van der Waals surface area (Å²) in [7, 11) is 0. The van der Waals surface area contributed by atoms with Crippen molar-refractivity contribution >= 4 is 43.7 Å². The van der Waals surface area contributed by atoms with Gasteiger partial charge in [0.1, 0.15) is 11.1 Å². The van der Waals surface area contributed by atoms with Gasteiger partial charge in [0.15, 0.2) is 17.2 Å². The lowest BCUT2D eigenvalue weighted by molar-refractivity contribution is 0.670. The van der Waals surface area contributed by atoms with Crippen molar-refractivity contribution in [1.29, 1.82) is 0 Å². The lowest BCUT2D eigenvalue weighted by Gasteiger charge is -2.12. The molecule has 0 fully saturated rings. The highest BCUT2D eigenvalue weighted by Gasteiger charge is 2.22. The van der Waals surface area contributed by atoms with Gasteiger partial charge in [-0.2, -0.15) is 9.97 Å². The topological polar surface area (TPSA) is 56.7 Å². The first kappa shape index (κ1) is 31.9. The third-order valence-corrected chi connectivity index (χ3v) is 10.7. The Bertz CT molecular complexity index is 3100. The minimum absolute atomic E-state index is 0.522. The first-order valence-corrected chi connectivity index (χ1v) is 18.8. The summed E-state index contributed by atoms with van der Waals surface area (Å²) in [6.07, 6.45) is 0. The fourth-order valence-corrected chi connectivity index (χ4v) is 7.91. The van der Waals surface area contributed by atoms with E-state index >= 15 is 0 Å². The van der Waals surface area contributed by atoms with Crippen molar-refractivity contribution in [2.75, 3.05) is 0 Å². The van der Waals surface area contributed by atoms with Crippen LogP contribution in [0.3, 0.4) is 0 Å². The molecule has 262 valence electrons. The van der Waals surface area contributed by atoms with Crippen LogP contribution in [0.15, 0.2) is 199 Å². The number of furan rings is 1. The Balaban J connectivity index is 1.14. The zero-order chi connectivity index (χ0) is 37.0. The summed E-state index contributed by atoms with van der Waals surface area (Å²) in [4.78, 5) is 15.6. The zero-order valence-corrected chi connectivity index (χ0v) is 30.2. The number of nitrogens with zero attached hydrogens (tertiary/aromatic N) is 4. The van der Waals surface area contributed by atoms with E-state index < -0.39 is 0 Å². The normalized spacial score (nSPS) is 11.6. The van der Waals surface area contributed by atoms with Crippen molar-refractivity contribution < 1.29 is 4.42 Å². The fourth-order valence-electron chi connectivity index (χ4n) is 7.91. The molecular weight excluding hydrogens is 685 g/mol. The van der Waals surface area contributed by atoms with Crippen molar-refractivity contribution in [3.8, 4) is 62.1 Å². The maximum absolute atomic E-state index is 6.80. The van der Waals surface area contributed by atoms with Crippen molar-refractivity contribution in [3.63, 3.8) is 0 Å². The van der Waals surface area contributed by atoms with Crippen molar-refractivity contribution in [3.05, 3.63) is 194 Å². The quantitative estimate of drug-likeness (QED) is 0.172. The van der Waals surface area contributed by atoms with Gasteiger partial charge in [0, 0.05) is 32.7 Å². The minimum Gasteiger partial charge on any atom is -0.454 e. The van der Waals surface area contributed by atoms with Gasteiger partial charge in [-0.25, -0.2) is 4.98 Å². The molecule has 0 bridgehead atoms. The van der Waals surface area contributed by atoms with Crippen molar-refractivity contribution in [2.45, 2.75) is 0 Å². The Morgan fingerprint density at radius 1 is 0.339 bits per heavy atom. The monoisotopic (exact) mass is 716 g/mol. The number of fused-ring (bicyclic) bond motifs is 7. The first-order valence-electron chi connectivity index (χ1n) is 18.8. The molecule has 5 nitrogen and oxygen atoms in total. The van der Waals surface area contributed by atoms with Crippen molar-refractivity contribution in [1.82, 2.24) is 19.5 Å². The van der Waals surface area contributed by atoms with Crippen LogP contribution in [0.25, 0.3) is 106 Å². The van der Waals surface area contributed by atoms with Crippen LogP contribution < -0.4 is 0 Å². The van der Waals surface area contributed by atoms with Gasteiger partial charge < -0.3 is 4.42 Å². The van der Waals surface area contributed by atoms with Gasteiger partial charge >= 0.3 is 0 Å². The Kier molecular flexibility index (Phi) is 7.42. The Morgan fingerprint density at radius 2 is 0.804 bits per heavy atom. The lowest BCUT2D eigenvalue weighted by atomic mass is 10.0. The zero-order valence-electron chi connectivity index (χ0n) is 30.2. The number of aromatic nitrogens is 4. The molecule has 0 saturated carbocycles. The van der Waals surface area contributed by atoms with Gasteiger partial charge in [-0.05, 0) is 57.6 Å². The molecule has 0 N–H and O–H groups in total. The van der Waals surface area contributed by atoms with E-state index in [4.69, 9.17) is 19.4 Å². The molecule has 0 radical (unpaired) electrons. The van der Waals surface area contributed by atoms with E-state index in [0.29, 0.717) is 17.6 Å². The minimum atomic E-state index is 0.522. The molecule has 0 aliphatic rings. The van der Waals surface area contributed by atoms with Crippen LogP contribution in [0.1, 0.15) is 0 Å². The molecule has 11 rings (SSSR count). The highest BCUT2D eigenvalue weighted by Crippen LogP contribution is 2.41. The largest absolute Gasteiger partial charge is 0.454 e. The second-order valence-electron chi connectivity index (χ2n) is 14.0. The van der Waals surface area contributed by atoms with E-state index in [1.54, 1.807) is 0 Å². The molecule has 3 aromatic heterocycles. The summed E-state index contributed by atoms with van der Waals surface area (Å²) in [5.74, 6) is 1.70. The first-order chi connectivity index (χ1) is 27.7. The van der Waals surface area contributed by atoms with E-state index in [1.165, 1.54) is 0 Å². The summed E-state index contributed by atoms with van der Waals surface area (Å²) in [5.41, 5.74) is 12.2. The molecule has 0 aliphatic carbocycles. The van der Waals surface area contributed by atoms with Crippen LogP contribution >= 0.6 is 0 Å². The predicted octanol–water partition coefficient (Wildman–Crippen LogP) is 13.2. The van der Waals surface area contributed by atoms with Gasteiger partial charge in [-0.15, -0.1) is 0 Å². The van der Waals surface area contributed by atoms with Crippen LogP contribution in [0.2, 0.25) is 0 Å². The third-order valence-electron chi connectivity index (χ3n) is 10.7. The number of para-hydroxylation sites is 1. The Morgan fingerprint density at radius 3 is 1.39 bits per heavy atom. The van der Waals surface area contributed by atoms with Gasteiger partial charge in [0.2, 0.25) is 5.95 Å². The van der Waals surface area contributed by atoms with Crippen LogP contribution in [-0.4, -0.2) is 19.5 Å². The molecular formula is C51H32N4O. The summed E-state index contributed by atoms with van der Waals surface area (Å²) in [6.45, 7) is 0. The third kappa shape index (κ3) is 5.37. The average molecular weight is 717 g/mol. The standard InChI is InChI=1S/C51H32N4O/c1-4-12-33(13-5-1)36-20-24-38(25-21-36)49-52-50(39-26-22-37(23-27-39)34-14-6-2-7-15-34)54-51(53-49)55-45-19-11-10-18-41(45)42-29-30-43-44-32-40(35-16-8-3-9-17-35)28-31-46(44)56-48(43)47(42)55/h1-32H. The Labute approximate surface area is 322 Å².